The summed E-state index contributed by atoms with van der Waals surface area (Å²) < 4.78 is 47.0. The van der Waals surface area contributed by atoms with Crippen LogP contribution in [0.2, 0.25) is 0 Å². The number of hydrogen-bond donors (Lipinski definition) is 4. The Bertz CT molecular complexity index is 1340. The number of aromatic hydroxyl groups is 1. The zero-order valence-electron chi connectivity index (χ0n) is 33.1. The van der Waals surface area contributed by atoms with Crippen LogP contribution in [0.1, 0.15) is 41.5 Å². The van der Waals surface area contributed by atoms with Gasteiger partial charge in [0.25, 0.3) is 0 Å². The third kappa shape index (κ3) is 34.6. The number of amides is 2. The molecule has 0 saturated heterocycles. The highest BCUT2D eigenvalue weighted by Crippen LogP contribution is 2.17. The van der Waals surface area contributed by atoms with Crippen molar-refractivity contribution in [2.75, 3.05) is 92.4 Å². The SMILES string of the molecule is C#CCOc1ccc(O)cc1.C#CCOc1ccc(OCCOCCOCCNC(=O)OC(C)(C)C)cc1.CC(C)(C)OC(=O)NCCOCCOCCO. The second-order valence-corrected chi connectivity index (χ2v) is 12.8. The molecule has 2 aromatic carbocycles. The molecular weight excluding hydrogens is 716 g/mol. The Morgan fingerprint density at radius 1 is 0.564 bits per heavy atom. The first-order valence-electron chi connectivity index (χ1n) is 17.7. The molecule has 2 rings (SSSR count). The van der Waals surface area contributed by atoms with E-state index in [9.17, 15) is 9.59 Å². The molecule has 0 heterocycles. The van der Waals surface area contributed by atoms with Gasteiger partial charge >= 0.3 is 12.2 Å². The number of carbonyl (C=O) groups excluding carboxylic acids is 2. The van der Waals surface area contributed by atoms with Gasteiger partial charge in [0.2, 0.25) is 0 Å². The molecule has 0 radical (unpaired) electrons. The Kier molecular flexibility index (Phi) is 28.6. The Balaban J connectivity index is 0.000000883. The van der Waals surface area contributed by atoms with E-state index in [2.05, 4.69) is 22.5 Å². The van der Waals surface area contributed by atoms with Gasteiger partial charge < -0.3 is 63.5 Å². The number of benzene rings is 2. The number of aliphatic hydroxyl groups is 1. The van der Waals surface area contributed by atoms with E-state index in [4.69, 9.17) is 65.7 Å². The van der Waals surface area contributed by atoms with E-state index in [0.29, 0.717) is 84.1 Å². The Morgan fingerprint density at radius 2 is 0.909 bits per heavy atom. The van der Waals surface area contributed by atoms with Gasteiger partial charge in [-0.15, -0.1) is 12.8 Å². The zero-order chi connectivity index (χ0) is 41.2. The van der Waals surface area contributed by atoms with Crippen molar-refractivity contribution in [3.8, 4) is 47.7 Å². The summed E-state index contributed by atoms with van der Waals surface area (Å²) in [6.45, 7) is 15.9. The molecular formula is C40H60N2O13. The molecule has 0 aliphatic rings. The monoisotopic (exact) mass is 776 g/mol. The molecule has 2 amide bonds. The molecule has 0 unspecified atom stereocenters. The van der Waals surface area contributed by atoms with Crippen LogP contribution in [0.15, 0.2) is 48.5 Å². The molecule has 0 bridgehead atoms. The van der Waals surface area contributed by atoms with Crippen LogP contribution in [0.5, 0.6) is 23.0 Å². The molecule has 0 atom stereocenters. The molecule has 0 spiro atoms. The van der Waals surface area contributed by atoms with Crippen molar-refractivity contribution in [2.24, 2.45) is 0 Å². The Hall–Kier alpha value is -4.90. The lowest BCUT2D eigenvalue weighted by Crippen LogP contribution is -2.34. The van der Waals surface area contributed by atoms with Crippen molar-refractivity contribution in [3.63, 3.8) is 0 Å². The Morgan fingerprint density at radius 3 is 1.29 bits per heavy atom. The summed E-state index contributed by atoms with van der Waals surface area (Å²) in [4.78, 5) is 22.6. The molecule has 15 heteroatoms. The Labute approximate surface area is 326 Å². The molecule has 0 aliphatic heterocycles. The lowest BCUT2D eigenvalue weighted by molar-refractivity contribution is 0.0302. The fraction of sp³-hybridized carbons (Fsp3) is 0.550. The normalized spacial score (nSPS) is 10.5. The molecule has 0 aromatic heterocycles. The molecule has 0 fully saturated rings. The first-order chi connectivity index (χ1) is 26.2. The van der Waals surface area contributed by atoms with Crippen molar-refractivity contribution < 1.29 is 62.4 Å². The number of hydrogen-bond acceptors (Lipinski definition) is 13. The predicted molar refractivity (Wildman–Crippen MR) is 208 cm³/mol. The van der Waals surface area contributed by atoms with Gasteiger partial charge in [0.05, 0.1) is 59.5 Å². The second kappa shape index (κ2) is 31.5. The number of phenols is 1. The van der Waals surface area contributed by atoms with Gasteiger partial charge in [-0.05, 0) is 90.1 Å². The maximum Gasteiger partial charge on any atom is 0.407 e. The van der Waals surface area contributed by atoms with Crippen LogP contribution in [0.25, 0.3) is 0 Å². The lowest BCUT2D eigenvalue weighted by Gasteiger charge is -2.19. The van der Waals surface area contributed by atoms with Gasteiger partial charge in [-0.1, -0.05) is 11.8 Å². The third-order valence-corrected chi connectivity index (χ3v) is 5.61. The highest BCUT2D eigenvalue weighted by molar-refractivity contribution is 5.67. The highest BCUT2D eigenvalue weighted by atomic mass is 16.6. The number of aliphatic hydroxyl groups excluding tert-OH is 1. The number of carbonyl (C=O) groups is 2. The standard InChI is InChI=1S/C20H29NO6.C11H23NO5.C9H8O2/c1-5-11-25-17-6-8-18(9-7-17)26-16-15-24-14-13-23-12-10-21-19(22)27-20(2,3)4;1-11(2,3)17-10(14)12-4-6-15-8-9-16-7-5-13;1-2-7-11-9-5-3-8(10)4-6-9/h1,6-9H,10-16H2,2-4H3,(H,21,22);13H,4-9H2,1-3H3,(H,12,14);1,3-6,10H,7H2. The predicted octanol–water partition coefficient (Wildman–Crippen LogP) is 4.58. The largest absolute Gasteiger partial charge is 0.508 e. The number of terminal acetylenes is 2. The van der Waals surface area contributed by atoms with E-state index < -0.39 is 23.4 Å². The van der Waals surface area contributed by atoms with Crippen LogP contribution >= 0.6 is 0 Å². The molecule has 15 nitrogen and oxygen atoms in total. The van der Waals surface area contributed by atoms with Gasteiger partial charge in [-0.2, -0.15) is 0 Å². The van der Waals surface area contributed by atoms with Gasteiger partial charge in [-0.3, -0.25) is 0 Å². The quantitative estimate of drug-likeness (QED) is 0.0965. The molecule has 55 heavy (non-hydrogen) atoms. The summed E-state index contributed by atoms with van der Waals surface area (Å²) in [7, 11) is 0. The van der Waals surface area contributed by atoms with Crippen molar-refractivity contribution in [3.05, 3.63) is 48.5 Å². The smallest absolute Gasteiger partial charge is 0.407 e. The van der Waals surface area contributed by atoms with Crippen LogP contribution in [-0.4, -0.2) is 126 Å². The maximum absolute atomic E-state index is 11.4. The molecule has 308 valence electrons. The van der Waals surface area contributed by atoms with E-state index >= 15 is 0 Å². The highest BCUT2D eigenvalue weighted by Gasteiger charge is 2.16. The number of phenolic OH excluding ortho intramolecular Hbond substituents is 1. The minimum Gasteiger partial charge on any atom is -0.508 e. The summed E-state index contributed by atoms with van der Waals surface area (Å²) in [5.74, 6) is 7.08. The van der Waals surface area contributed by atoms with Crippen LogP contribution in [0.3, 0.4) is 0 Å². The van der Waals surface area contributed by atoms with E-state index in [1.807, 2.05) is 53.7 Å². The van der Waals surface area contributed by atoms with Gasteiger partial charge in [-0.25, -0.2) is 9.59 Å². The third-order valence-electron chi connectivity index (χ3n) is 5.61. The van der Waals surface area contributed by atoms with Crippen molar-refractivity contribution in [2.45, 2.75) is 52.7 Å². The fourth-order valence-electron chi connectivity index (χ4n) is 3.43. The summed E-state index contributed by atoms with van der Waals surface area (Å²) in [5, 5.41) is 22.5. The van der Waals surface area contributed by atoms with E-state index in [0.717, 1.165) is 5.75 Å². The van der Waals surface area contributed by atoms with Crippen molar-refractivity contribution in [1.82, 2.24) is 10.6 Å². The van der Waals surface area contributed by atoms with E-state index in [1.165, 1.54) is 0 Å². The fourth-order valence-corrected chi connectivity index (χ4v) is 3.43. The second-order valence-electron chi connectivity index (χ2n) is 12.8. The maximum atomic E-state index is 11.4. The summed E-state index contributed by atoms with van der Waals surface area (Å²) in [6.07, 6.45) is 9.22. The summed E-state index contributed by atoms with van der Waals surface area (Å²) in [6, 6.07) is 13.6. The minimum absolute atomic E-state index is 0.0141. The van der Waals surface area contributed by atoms with Crippen LogP contribution in [0, 0.1) is 24.7 Å². The van der Waals surface area contributed by atoms with Crippen molar-refractivity contribution in [1.29, 1.82) is 0 Å². The molecule has 0 saturated carbocycles. The topological polar surface area (TPSA) is 182 Å². The number of rotatable bonds is 22. The van der Waals surface area contributed by atoms with Gasteiger partial charge in [0.1, 0.15) is 54.0 Å². The molecule has 0 aliphatic carbocycles. The number of nitrogens with one attached hydrogen (secondary N) is 2. The average molecular weight is 777 g/mol. The first kappa shape index (κ1) is 50.1. The molecule has 2 aromatic rings. The van der Waals surface area contributed by atoms with E-state index in [-0.39, 0.29) is 25.6 Å². The molecule has 4 N–H and O–H groups in total. The summed E-state index contributed by atoms with van der Waals surface area (Å²) in [5.41, 5.74) is -0.984. The summed E-state index contributed by atoms with van der Waals surface area (Å²) >= 11 is 0. The first-order valence-corrected chi connectivity index (χ1v) is 17.7. The van der Waals surface area contributed by atoms with Crippen molar-refractivity contribution >= 4 is 12.2 Å². The lowest BCUT2D eigenvalue weighted by atomic mass is 10.2. The zero-order valence-corrected chi connectivity index (χ0v) is 33.1. The van der Waals surface area contributed by atoms with Crippen LogP contribution in [0.4, 0.5) is 9.59 Å². The average Bonchev–Trinajstić information content (AvgIpc) is 3.12. The van der Waals surface area contributed by atoms with E-state index in [1.54, 1.807) is 36.4 Å². The number of alkyl carbamates (subject to hydrolysis) is 2. The van der Waals surface area contributed by atoms with Crippen LogP contribution in [-0.2, 0) is 28.4 Å². The van der Waals surface area contributed by atoms with Crippen LogP contribution < -0.4 is 24.8 Å². The minimum atomic E-state index is -0.501. The van der Waals surface area contributed by atoms with Gasteiger partial charge in [0.15, 0.2) is 0 Å². The van der Waals surface area contributed by atoms with Gasteiger partial charge in [0, 0.05) is 13.1 Å². The number of ether oxygens (including phenoxy) is 9.